The van der Waals surface area contributed by atoms with Crippen molar-refractivity contribution in [1.29, 1.82) is 0 Å². The zero-order chi connectivity index (χ0) is 8.65. The van der Waals surface area contributed by atoms with Crippen molar-refractivity contribution in [1.82, 2.24) is 0 Å². The molecule has 0 saturated carbocycles. The summed E-state index contributed by atoms with van der Waals surface area (Å²) in [7, 11) is -4.96. The molecule has 66 valence electrons. The van der Waals surface area contributed by atoms with Crippen molar-refractivity contribution in [2.45, 2.75) is 11.4 Å². The molecular formula is C4H9NO4S2. The van der Waals surface area contributed by atoms with Crippen molar-refractivity contribution in [2.24, 2.45) is 5.14 Å². The summed E-state index contributed by atoms with van der Waals surface area (Å²) in [4.78, 5) is 0. The van der Waals surface area contributed by atoms with E-state index in [1.165, 1.54) is 0 Å². The first-order chi connectivity index (χ1) is 4.92. The van der Waals surface area contributed by atoms with E-state index >= 15 is 0 Å². The molecule has 3 N–H and O–H groups in total. The Morgan fingerprint density at radius 3 is 2.18 bits per heavy atom. The second-order valence-corrected chi connectivity index (χ2v) is 5.93. The molecule has 0 radical (unpaired) electrons. The molecule has 3 unspecified atom stereocenters. The molecule has 0 bridgehead atoms. The van der Waals surface area contributed by atoms with Gasteiger partial charge in [0, 0.05) is 0 Å². The van der Waals surface area contributed by atoms with Gasteiger partial charge in [-0.1, -0.05) is 0 Å². The quantitative estimate of drug-likeness (QED) is 0.499. The van der Waals surface area contributed by atoms with Crippen LogP contribution in [0.25, 0.3) is 0 Å². The summed E-state index contributed by atoms with van der Waals surface area (Å²) in [5.74, 6) is -0.585. The van der Waals surface area contributed by atoms with Gasteiger partial charge in [0.25, 0.3) is 0 Å². The Morgan fingerprint density at radius 1 is 1.45 bits per heavy atom. The van der Waals surface area contributed by atoms with E-state index in [0.29, 0.717) is 0 Å². The van der Waals surface area contributed by atoms with Gasteiger partial charge in [0.1, 0.15) is 0 Å². The summed E-state index contributed by atoms with van der Waals surface area (Å²) in [6, 6.07) is 0. The minimum atomic E-state index is -3.21. The van der Waals surface area contributed by atoms with E-state index < -0.39 is 32.2 Å². The van der Waals surface area contributed by atoms with Crippen LogP contribution >= 0.6 is 0 Å². The molecule has 1 saturated heterocycles. The molecule has 1 rings (SSSR count). The summed E-state index contributed by atoms with van der Waals surface area (Å²) >= 11 is 0. The third-order valence-electron chi connectivity index (χ3n) is 1.57. The minimum absolute atomic E-state index is 0.267. The number of aliphatic hydroxyl groups is 1. The number of hydrogen-bond donors (Lipinski definition) is 2. The van der Waals surface area contributed by atoms with Crippen molar-refractivity contribution >= 4 is 20.8 Å². The Kier molecular flexibility index (Phi) is 2.33. The maximum absolute atomic E-state index is 10.8. The molecule has 0 spiro atoms. The second-order valence-electron chi connectivity index (χ2n) is 2.51. The first-order valence-electron chi connectivity index (χ1n) is 2.96. The van der Waals surface area contributed by atoms with Gasteiger partial charge in [-0.15, -0.1) is 0 Å². The van der Waals surface area contributed by atoms with E-state index in [1.54, 1.807) is 0 Å². The predicted molar refractivity (Wildman–Crippen MR) is 40.8 cm³/mol. The fraction of sp³-hybridized carbons (Fsp3) is 1.00. The number of sulfone groups is 1. The zero-order valence-corrected chi connectivity index (χ0v) is 7.27. The summed E-state index contributed by atoms with van der Waals surface area (Å²) < 4.78 is 32.2. The van der Waals surface area contributed by atoms with E-state index in [4.69, 9.17) is 10.2 Å². The molecule has 11 heavy (non-hydrogen) atoms. The lowest BCUT2D eigenvalue weighted by atomic mass is 10.3. The number of nitrogens with two attached hydrogens (primary N) is 1. The lowest BCUT2D eigenvalue weighted by Crippen LogP contribution is -2.32. The van der Waals surface area contributed by atoms with Crippen LogP contribution in [0.3, 0.4) is 0 Å². The van der Waals surface area contributed by atoms with E-state index in [0.717, 1.165) is 0 Å². The predicted octanol–water partition coefficient (Wildman–Crippen LogP) is -2.23. The molecular weight excluding hydrogens is 190 g/mol. The van der Waals surface area contributed by atoms with Gasteiger partial charge in [-0.25, -0.2) is 12.6 Å². The molecule has 0 aromatic carbocycles. The highest BCUT2D eigenvalue weighted by Crippen LogP contribution is 2.15. The van der Waals surface area contributed by atoms with Crippen LogP contribution in [0.5, 0.6) is 0 Å². The van der Waals surface area contributed by atoms with Crippen molar-refractivity contribution in [3.8, 4) is 0 Å². The Balaban J connectivity index is 2.83. The molecule has 0 aromatic rings. The van der Waals surface area contributed by atoms with Gasteiger partial charge >= 0.3 is 0 Å². The highest BCUT2D eigenvalue weighted by atomic mass is 32.2. The van der Waals surface area contributed by atoms with Gasteiger partial charge in [-0.05, 0) is 0 Å². The summed E-state index contributed by atoms with van der Waals surface area (Å²) in [6.07, 6.45) is -1.06. The Labute approximate surface area is 67.1 Å². The van der Waals surface area contributed by atoms with Gasteiger partial charge in [0.2, 0.25) is 0 Å². The molecule has 0 aromatic heterocycles. The van der Waals surface area contributed by atoms with E-state index in [-0.39, 0.29) is 11.5 Å². The Bertz CT molecular complexity index is 272. The first-order valence-corrected chi connectivity index (χ1v) is 6.05. The fourth-order valence-corrected chi connectivity index (χ4v) is 4.32. The fourth-order valence-electron chi connectivity index (χ4n) is 1.02. The maximum Gasteiger partial charge on any atom is 0.154 e. The van der Waals surface area contributed by atoms with Crippen LogP contribution in [0, 0.1) is 0 Å². The van der Waals surface area contributed by atoms with Gasteiger partial charge in [-0.2, -0.15) is 0 Å². The highest BCUT2D eigenvalue weighted by molar-refractivity contribution is 7.93. The zero-order valence-electron chi connectivity index (χ0n) is 5.63. The van der Waals surface area contributed by atoms with Crippen LogP contribution in [0.15, 0.2) is 0 Å². The van der Waals surface area contributed by atoms with E-state index in [9.17, 15) is 12.6 Å². The van der Waals surface area contributed by atoms with Crippen LogP contribution in [0.4, 0.5) is 0 Å². The van der Waals surface area contributed by atoms with Gasteiger partial charge in [0.05, 0.1) is 33.8 Å². The SMILES string of the molecule is NS(=O)C1CS(=O)(=O)CC1O. The van der Waals surface area contributed by atoms with Crippen LogP contribution in [0.2, 0.25) is 0 Å². The molecule has 0 aliphatic carbocycles. The van der Waals surface area contributed by atoms with Crippen LogP contribution in [-0.2, 0) is 20.8 Å². The normalized spacial score (nSPS) is 38.7. The Morgan fingerprint density at radius 2 is 2.00 bits per heavy atom. The van der Waals surface area contributed by atoms with Crippen LogP contribution in [-0.4, -0.2) is 40.6 Å². The third-order valence-corrected chi connectivity index (χ3v) is 4.58. The Hall–Kier alpha value is 0.0200. The largest absolute Gasteiger partial charge is 0.391 e. The van der Waals surface area contributed by atoms with Gasteiger partial charge in [-0.3, -0.25) is 5.14 Å². The first kappa shape index (κ1) is 9.11. The summed E-state index contributed by atoms with van der Waals surface area (Å²) in [5.41, 5.74) is 0. The standard InChI is InChI=1S/C4H9NO4S2/c5-10(7)4-2-11(8,9)1-3(4)6/h3-4,6H,1-2,5H2. The van der Waals surface area contributed by atoms with Crippen molar-refractivity contribution in [3.05, 3.63) is 0 Å². The lowest BCUT2D eigenvalue weighted by molar-refractivity contribution is 0.206. The van der Waals surface area contributed by atoms with Crippen LogP contribution < -0.4 is 5.14 Å². The third kappa shape index (κ3) is 1.98. The van der Waals surface area contributed by atoms with E-state index in [1.807, 2.05) is 0 Å². The number of rotatable bonds is 1. The number of hydrogen-bond acceptors (Lipinski definition) is 4. The van der Waals surface area contributed by atoms with Crippen molar-refractivity contribution in [3.63, 3.8) is 0 Å². The molecule has 3 atom stereocenters. The molecule has 1 heterocycles. The molecule has 5 nitrogen and oxygen atoms in total. The topological polar surface area (TPSA) is 97.5 Å². The average Bonchev–Trinajstić information content (AvgIpc) is 2.05. The summed E-state index contributed by atoms with van der Waals surface area (Å²) in [6.45, 7) is 0. The second kappa shape index (κ2) is 2.81. The minimum Gasteiger partial charge on any atom is -0.391 e. The molecule has 7 heteroatoms. The van der Waals surface area contributed by atoms with Crippen LogP contribution in [0.1, 0.15) is 0 Å². The van der Waals surface area contributed by atoms with Gasteiger partial charge < -0.3 is 5.11 Å². The average molecular weight is 199 g/mol. The number of aliphatic hydroxyl groups excluding tert-OH is 1. The molecule has 1 aliphatic heterocycles. The van der Waals surface area contributed by atoms with Gasteiger partial charge in [0.15, 0.2) is 9.84 Å². The van der Waals surface area contributed by atoms with Crippen molar-refractivity contribution < 1.29 is 17.7 Å². The lowest BCUT2D eigenvalue weighted by Gasteiger charge is -2.06. The molecule has 1 aliphatic rings. The summed E-state index contributed by atoms with van der Waals surface area (Å²) in [5, 5.41) is 13.2. The maximum atomic E-state index is 10.8. The highest BCUT2D eigenvalue weighted by Gasteiger charge is 2.39. The monoisotopic (exact) mass is 199 g/mol. The molecule has 0 amide bonds. The van der Waals surface area contributed by atoms with Crippen molar-refractivity contribution in [2.75, 3.05) is 11.5 Å². The van der Waals surface area contributed by atoms with E-state index in [2.05, 4.69) is 0 Å². The smallest absolute Gasteiger partial charge is 0.154 e. The molecule has 1 fully saturated rings.